The first kappa shape index (κ1) is 9.77. The third kappa shape index (κ3) is 2.37. The van der Waals surface area contributed by atoms with E-state index >= 15 is 0 Å². The van der Waals surface area contributed by atoms with Crippen molar-refractivity contribution in [2.75, 3.05) is 7.11 Å². The lowest BCUT2D eigenvalue weighted by atomic mass is 10.1. The van der Waals surface area contributed by atoms with Crippen molar-refractivity contribution in [1.29, 1.82) is 0 Å². The van der Waals surface area contributed by atoms with Crippen LogP contribution in [0.2, 0.25) is 0 Å². The lowest BCUT2D eigenvalue weighted by Gasteiger charge is -2.00. The van der Waals surface area contributed by atoms with Crippen LogP contribution < -0.4 is 0 Å². The second-order valence-corrected chi connectivity index (χ2v) is 3.32. The van der Waals surface area contributed by atoms with Gasteiger partial charge in [-0.2, -0.15) is 0 Å². The first-order chi connectivity index (χ1) is 7.40. The molecule has 3 nitrogen and oxygen atoms in total. The van der Waals surface area contributed by atoms with Crippen LogP contribution >= 0.6 is 0 Å². The fraction of sp³-hybridized carbons (Fsp3) is 0.250. The van der Waals surface area contributed by atoms with E-state index in [1.54, 1.807) is 13.4 Å². The van der Waals surface area contributed by atoms with Crippen molar-refractivity contribution in [2.24, 2.45) is 5.16 Å². The molecule has 1 aliphatic rings. The summed E-state index contributed by atoms with van der Waals surface area (Å²) in [5.74, 6) is 0. The predicted molar refractivity (Wildman–Crippen MR) is 58.6 cm³/mol. The lowest BCUT2D eigenvalue weighted by Crippen LogP contribution is -2.04. The fourth-order valence-corrected chi connectivity index (χ4v) is 1.47. The number of rotatable bonds is 3. The molecular formula is C12H13NO2. The maximum Gasteiger partial charge on any atom is 0.154 e. The van der Waals surface area contributed by atoms with Crippen LogP contribution in [0.25, 0.3) is 0 Å². The summed E-state index contributed by atoms with van der Waals surface area (Å²) < 4.78 is 4.83. The third-order valence-corrected chi connectivity index (χ3v) is 2.23. The Balaban J connectivity index is 2.01. The molecule has 0 fully saturated rings. The van der Waals surface area contributed by atoms with Crippen molar-refractivity contribution >= 4 is 5.71 Å². The van der Waals surface area contributed by atoms with Crippen LogP contribution in [-0.2, 0) is 9.57 Å². The first-order valence-electron chi connectivity index (χ1n) is 4.87. The number of hydrogen-bond acceptors (Lipinski definition) is 3. The number of benzene rings is 1. The Bertz CT molecular complexity index is 370. The third-order valence-electron chi connectivity index (χ3n) is 2.23. The zero-order valence-electron chi connectivity index (χ0n) is 8.59. The van der Waals surface area contributed by atoms with Gasteiger partial charge in [-0.25, -0.2) is 0 Å². The van der Waals surface area contributed by atoms with Gasteiger partial charge < -0.3 is 9.57 Å². The van der Waals surface area contributed by atoms with E-state index in [1.165, 1.54) is 0 Å². The second-order valence-electron chi connectivity index (χ2n) is 3.32. The molecule has 0 unspecified atom stereocenters. The van der Waals surface area contributed by atoms with Crippen molar-refractivity contribution in [3.05, 3.63) is 48.2 Å². The molecule has 0 aromatic heterocycles. The van der Waals surface area contributed by atoms with Crippen LogP contribution in [0.5, 0.6) is 0 Å². The molecular weight excluding hydrogens is 190 g/mol. The quantitative estimate of drug-likeness (QED) is 0.706. The van der Waals surface area contributed by atoms with E-state index in [1.807, 2.05) is 36.4 Å². The normalized spacial score (nSPS) is 20.1. The molecule has 3 heteroatoms. The zero-order valence-corrected chi connectivity index (χ0v) is 8.59. The van der Waals surface area contributed by atoms with E-state index in [0.29, 0.717) is 0 Å². The Hall–Kier alpha value is -1.77. The Morgan fingerprint density at radius 3 is 2.93 bits per heavy atom. The number of oxime groups is 1. The molecule has 0 saturated carbocycles. The standard InChI is InChI=1S/C12H13NO2/c1-14-8-7-11-9-12(13-15-11)10-5-3-2-4-6-10/h2-8,11H,9H2,1H3/b8-7+/t11-/m0/s1. The van der Waals surface area contributed by atoms with Crippen LogP contribution in [0.15, 0.2) is 47.8 Å². The van der Waals surface area contributed by atoms with Crippen LogP contribution in [-0.4, -0.2) is 18.9 Å². The minimum atomic E-state index is 0.000145. The summed E-state index contributed by atoms with van der Waals surface area (Å²) in [6.45, 7) is 0. The minimum absolute atomic E-state index is 0.000145. The Morgan fingerprint density at radius 2 is 2.20 bits per heavy atom. The van der Waals surface area contributed by atoms with Crippen LogP contribution in [0.1, 0.15) is 12.0 Å². The highest BCUT2D eigenvalue weighted by Crippen LogP contribution is 2.17. The van der Waals surface area contributed by atoms with Crippen LogP contribution in [0.3, 0.4) is 0 Å². The number of hydrogen-bond donors (Lipinski definition) is 0. The van der Waals surface area contributed by atoms with Gasteiger partial charge in [-0.3, -0.25) is 0 Å². The average Bonchev–Trinajstić information content (AvgIpc) is 2.76. The zero-order chi connectivity index (χ0) is 10.5. The fourth-order valence-electron chi connectivity index (χ4n) is 1.47. The SMILES string of the molecule is CO/C=C/[C@H]1CC(c2ccccc2)=NO1. The Kier molecular flexibility index (Phi) is 3.02. The minimum Gasteiger partial charge on any atom is -0.505 e. The Morgan fingerprint density at radius 1 is 1.40 bits per heavy atom. The molecule has 0 saturated heterocycles. The highest BCUT2D eigenvalue weighted by molar-refractivity contribution is 6.01. The van der Waals surface area contributed by atoms with Gasteiger partial charge in [0.1, 0.15) is 0 Å². The van der Waals surface area contributed by atoms with Gasteiger partial charge in [0.05, 0.1) is 19.1 Å². The van der Waals surface area contributed by atoms with E-state index in [4.69, 9.17) is 9.57 Å². The molecule has 1 atom stereocenters. The van der Waals surface area contributed by atoms with Crippen LogP contribution in [0, 0.1) is 0 Å². The molecule has 15 heavy (non-hydrogen) atoms. The van der Waals surface area contributed by atoms with Gasteiger partial charge >= 0.3 is 0 Å². The molecule has 0 amide bonds. The van der Waals surface area contributed by atoms with Gasteiger partial charge in [0, 0.05) is 6.42 Å². The van der Waals surface area contributed by atoms with Gasteiger partial charge in [-0.15, -0.1) is 0 Å². The molecule has 1 heterocycles. The monoisotopic (exact) mass is 203 g/mol. The van der Waals surface area contributed by atoms with Gasteiger partial charge in [-0.1, -0.05) is 35.5 Å². The molecule has 0 radical (unpaired) electrons. The van der Waals surface area contributed by atoms with Crippen molar-refractivity contribution in [3.8, 4) is 0 Å². The molecule has 78 valence electrons. The molecule has 2 rings (SSSR count). The van der Waals surface area contributed by atoms with E-state index in [-0.39, 0.29) is 6.10 Å². The number of ether oxygens (including phenoxy) is 1. The summed E-state index contributed by atoms with van der Waals surface area (Å²) in [6, 6.07) is 10.0. The summed E-state index contributed by atoms with van der Waals surface area (Å²) in [5, 5.41) is 4.05. The van der Waals surface area contributed by atoms with E-state index < -0.39 is 0 Å². The van der Waals surface area contributed by atoms with E-state index in [0.717, 1.165) is 17.7 Å². The summed E-state index contributed by atoms with van der Waals surface area (Å²) in [7, 11) is 1.62. The van der Waals surface area contributed by atoms with Crippen molar-refractivity contribution in [3.63, 3.8) is 0 Å². The summed E-state index contributed by atoms with van der Waals surface area (Å²) in [6.07, 6.45) is 4.28. The van der Waals surface area contributed by atoms with Crippen molar-refractivity contribution in [1.82, 2.24) is 0 Å². The van der Waals surface area contributed by atoms with E-state index in [9.17, 15) is 0 Å². The molecule has 0 spiro atoms. The molecule has 1 aliphatic heterocycles. The molecule has 1 aromatic carbocycles. The maximum atomic E-state index is 5.24. The predicted octanol–water partition coefficient (Wildman–Crippen LogP) is 2.34. The highest BCUT2D eigenvalue weighted by Gasteiger charge is 2.19. The van der Waals surface area contributed by atoms with Gasteiger partial charge in [0.15, 0.2) is 6.10 Å². The average molecular weight is 203 g/mol. The van der Waals surface area contributed by atoms with Crippen LogP contribution in [0.4, 0.5) is 0 Å². The molecule has 0 aliphatic carbocycles. The van der Waals surface area contributed by atoms with Crippen molar-refractivity contribution in [2.45, 2.75) is 12.5 Å². The van der Waals surface area contributed by atoms with Gasteiger partial charge in [0.25, 0.3) is 0 Å². The van der Waals surface area contributed by atoms with E-state index in [2.05, 4.69) is 5.16 Å². The second kappa shape index (κ2) is 4.64. The molecule has 1 aromatic rings. The van der Waals surface area contributed by atoms with Gasteiger partial charge in [-0.05, 0) is 11.6 Å². The summed E-state index contributed by atoms with van der Waals surface area (Å²) in [5.41, 5.74) is 2.10. The largest absolute Gasteiger partial charge is 0.505 e. The summed E-state index contributed by atoms with van der Waals surface area (Å²) >= 11 is 0. The molecule has 0 N–H and O–H groups in total. The van der Waals surface area contributed by atoms with Gasteiger partial charge in [0.2, 0.25) is 0 Å². The lowest BCUT2D eigenvalue weighted by molar-refractivity contribution is 0.117. The summed E-state index contributed by atoms with van der Waals surface area (Å²) in [4.78, 5) is 5.24. The molecule has 0 bridgehead atoms. The van der Waals surface area contributed by atoms with Crippen molar-refractivity contribution < 1.29 is 9.57 Å². The smallest absolute Gasteiger partial charge is 0.154 e. The maximum absolute atomic E-state index is 5.24. The topological polar surface area (TPSA) is 30.8 Å². The number of methoxy groups -OCH3 is 1. The first-order valence-corrected chi connectivity index (χ1v) is 4.87. The highest BCUT2D eigenvalue weighted by atomic mass is 16.6. The Labute approximate surface area is 89.0 Å². The number of nitrogens with zero attached hydrogens (tertiary/aromatic N) is 1.